The summed E-state index contributed by atoms with van der Waals surface area (Å²) >= 11 is 0. The summed E-state index contributed by atoms with van der Waals surface area (Å²) in [6, 6.07) is 1.70. The lowest BCUT2D eigenvalue weighted by Gasteiger charge is -1.96. The summed E-state index contributed by atoms with van der Waals surface area (Å²) in [4.78, 5) is 18.2. The van der Waals surface area contributed by atoms with Gasteiger partial charge in [-0.05, 0) is 6.07 Å². The van der Waals surface area contributed by atoms with Crippen molar-refractivity contribution < 1.29 is 9.53 Å². The van der Waals surface area contributed by atoms with Gasteiger partial charge in [-0.1, -0.05) is 0 Å². The van der Waals surface area contributed by atoms with Crippen LogP contribution in [0.15, 0.2) is 23.5 Å². The minimum absolute atomic E-state index is 0.145. The Morgan fingerprint density at radius 1 is 1.67 bits per heavy atom. The second-order valence-electron chi connectivity index (χ2n) is 2.46. The third-order valence-electron chi connectivity index (χ3n) is 1.64. The predicted octanol–water partition coefficient (Wildman–Crippen LogP) is 0.626. The van der Waals surface area contributed by atoms with Crippen LogP contribution in [0, 0.1) is 0 Å². The zero-order valence-electron chi connectivity index (χ0n) is 6.41. The van der Waals surface area contributed by atoms with E-state index in [4.69, 9.17) is 4.74 Å². The number of aromatic amines is 1. The standard InChI is InChI=1S/C8H8N2O2/c11-7(6-1-2-9-5-6)8-10-3-4-12-8/h1-2,5,9H,3-4H2. The number of aliphatic imine (C=N–C) groups is 1. The fraction of sp³-hybridized carbons (Fsp3) is 0.250. The minimum atomic E-state index is -0.145. The lowest BCUT2D eigenvalue weighted by molar-refractivity contribution is 0.103. The summed E-state index contributed by atoms with van der Waals surface area (Å²) in [6.45, 7) is 1.11. The zero-order chi connectivity index (χ0) is 8.39. The Hall–Kier alpha value is -1.58. The molecule has 0 saturated heterocycles. The van der Waals surface area contributed by atoms with E-state index in [1.54, 1.807) is 18.5 Å². The smallest absolute Gasteiger partial charge is 0.258 e. The van der Waals surface area contributed by atoms with E-state index in [1.807, 2.05) is 0 Å². The second kappa shape index (κ2) is 2.81. The third-order valence-corrected chi connectivity index (χ3v) is 1.64. The summed E-state index contributed by atoms with van der Waals surface area (Å²) in [7, 11) is 0. The van der Waals surface area contributed by atoms with Gasteiger partial charge in [0, 0.05) is 18.0 Å². The fourth-order valence-electron chi connectivity index (χ4n) is 1.06. The molecule has 2 heterocycles. The van der Waals surface area contributed by atoms with Crippen LogP contribution in [0.2, 0.25) is 0 Å². The maximum Gasteiger partial charge on any atom is 0.258 e. The lowest BCUT2D eigenvalue weighted by Crippen LogP contribution is -2.13. The van der Waals surface area contributed by atoms with E-state index in [0.29, 0.717) is 18.7 Å². The molecule has 0 fully saturated rings. The molecular formula is C8H8N2O2. The Morgan fingerprint density at radius 2 is 2.58 bits per heavy atom. The highest BCUT2D eigenvalue weighted by atomic mass is 16.5. The number of carbonyl (C=O) groups is 1. The fourth-order valence-corrected chi connectivity index (χ4v) is 1.06. The first kappa shape index (κ1) is 7.09. The monoisotopic (exact) mass is 164 g/mol. The normalized spacial score (nSPS) is 15.5. The second-order valence-corrected chi connectivity index (χ2v) is 2.46. The largest absolute Gasteiger partial charge is 0.473 e. The summed E-state index contributed by atoms with van der Waals surface area (Å²) in [5.41, 5.74) is 0.593. The van der Waals surface area contributed by atoms with Crippen LogP contribution in [0.3, 0.4) is 0 Å². The average Bonchev–Trinajstić information content (AvgIpc) is 2.77. The quantitative estimate of drug-likeness (QED) is 0.651. The van der Waals surface area contributed by atoms with Crippen LogP contribution < -0.4 is 0 Å². The number of ketones is 1. The van der Waals surface area contributed by atoms with Gasteiger partial charge in [-0.25, -0.2) is 4.99 Å². The van der Waals surface area contributed by atoms with Crippen molar-refractivity contribution in [3.63, 3.8) is 0 Å². The molecule has 12 heavy (non-hydrogen) atoms. The topological polar surface area (TPSA) is 54.4 Å². The van der Waals surface area contributed by atoms with Gasteiger partial charge in [0.25, 0.3) is 5.90 Å². The molecule has 4 heteroatoms. The van der Waals surface area contributed by atoms with E-state index in [9.17, 15) is 4.79 Å². The van der Waals surface area contributed by atoms with Crippen LogP contribution in [0.4, 0.5) is 0 Å². The van der Waals surface area contributed by atoms with Crippen LogP contribution in [-0.4, -0.2) is 29.8 Å². The highest BCUT2D eigenvalue weighted by Gasteiger charge is 2.18. The molecule has 1 aliphatic rings. The van der Waals surface area contributed by atoms with E-state index in [-0.39, 0.29) is 11.7 Å². The number of nitrogens with one attached hydrogen (secondary N) is 1. The number of nitrogens with zero attached hydrogens (tertiary/aromatic N) is 1. The van der Waals surface area contributed by atoms with Gasteiger partial charge in [-0.2, -0.15) is 0 Å². The van der Waals surface area contributed by atoms with Crippen molar-refractivity contribution in [2.75, 3.05) is 13.2 Å². The molecule has 0 saturated carbocycles. The molecule has 0 aliphatic carbocycles. The Kier molecular flexibility index (Phi) is 1.66. The number of H-pyrrole nitrogens is 1. The molecule has 0 unspecified atom stereocenters. The van der Waals surface area contributed by atoms with Gasteiger partial charge in [0.1, 0.15) is 6.61 Å². The van der Waals surface area contributed by atoms with E-state index in [2.05, 4.69) is 9.98 Å². The first-order valence-electron chi connectivity index (χ1n) is 3.72. The molecule has 1 aliphatic heterocycles. The van der Waals surface area contributed by atoms with Crippen molar-refractivity contribution in [2.45, 2.75) is 0 Å². The van der Waals surface area contributed by atoms with Crippen LogP contribution >= 0.6 is 0 Å². The summed E-state index contributed by atoms with van der Waals surface area (Å²) < 4.78 is 5.03. The van der Waals surface area contributed by atoms with Gasteiger partial charge < -0.3 is 9.72 Å². The molecule has 4 nitrogen and oxygen atoms in total. The van der Waals surface area contributed by atoms with Gasteiger partial charge in [-0.15, -0.1) is 0 Å². The highest BCUT2D eigenvalue weighted by molar-refractivity contribution is 6.43. The van der Waals surface area contributed by atoms with Crippen LogP contribution in [-0.2, 0) is 4.74 Å². The van der Waals surface area contributed by atoms with Gasteiger partial charge in [0.15, 0.2) is 0 Å². The maximum atomic E-state index is 11.4. The van der Waals surface area contributed by atoms with Gasteiger partial charge in [0.2, 0.25) is 5.78 Å². The molecule has 0 radical (unpaired) electrons. The van der Waals surface area contributed by atoms with Gasteiger partial charge in [-0.3, -0.25) is 4.79 Å². The Morgan fingerprint density at radius 3 is 3.17 bits per heavy atom. The predicted molar refractivity (Wildman–Crippen MR) is 43.4 cm³/mol. The molecule has 0 spiro atoms. The van der Waals surface area contributed by atoms with Gasteiger partial charge in [0.05, 0.1) is 6.54 Å². The van der Waals surface area contributed by atoms with Crippen LogP contribution in [0.25, 0.3) is 0 Å². The summed E-state index contributed by atoms with van der Waals surface area (Å²) in [6.07, 6.45) is 3.33. The average molecular weight is 164 g/mol. The van der Waals surface area contributed by atoms with Gasteiger partial charge >= 0.3 is 0 Å². The molecule has 0 aromatic carbocycles. The van der Waals surface area contributed by atoms with E-state index in [0.717, 1.165) is 0 Å². The zero-order valence-corrected chi connectivity index (χ0v) is 6.41. The molecule has 1 aromatic rings. The van der Waals surface area contributed by atoms with Crippen molar-refractivity contribution in [1.82, 2.24) is 4.98 Å². The number of ether oxygens (including phenoxy) is 1. The number of Topliss-reactive ketones (excluding diaryl/α,β-unsaturated/α-hetero) is 1. The van der Waals surface area contributed by atoms with E-state index < -0.39 is 0 Å². The molecule has 1 aromatic heterocycles. The Bertz CT molecular complexity index is 314. The minimum Gasteiger partial charge on any atom is -0.473 e. The number of rotatable bonds is 2. The Balaban J connectivity index is 2.20. The molecule has 2 rings (SSSR count). The van der Waals surface area contributed by atoms with Crippen molar-refractivity contribution >= 4 is 11.7 Å². The molecule has 1 N–H and O–H groups in total. The van der Waals surface area contributed by atoms with Crippen molar-refractivity contribution in [3.05, 3.63) is 24.0 Å². The number of carbonyl (C=O) groups excluding carboxylic acids is 1. The van der Waals surface area contributed by atoms with Crippen molar-refractivity contribution in [2.24, 2.45) is 4.99 Å². The molecule has 0 amide bonds. The lowest BCUT2D eigenvalue weighted by atomic mass is 10.2. The van der Waals surface area contributed by atoms with Crippen molar-refractivity contribution in [1.29, 1.82) is 0 Å². The first-order chi connectivity index (χ1) is 5.88. The summed E-state index contributed by atoms with van der Waals surface area (Å²) in [5, 5.41) is 0. The number of hydrogen-bond donors (Lipinski definition) is 1. The number of hydrogen-bond acceptors (Lipinski definition) is 3. The number of aromatic nitrogens is 1. The van der Waals surface area contributed by atoms with Crippen molar-refractivity contribution in [3.8, 4) is 0 Å². The molecule has 0 atom stereocenters. The third kappa shape index (κ3) is 1.11. The highest BCUT2D eigenvalue weighted by Crippen LogP contribution is 2.04. The first-order valence-corrected chi connectivity index (χ1v) is 3.72. The van der Waals surface area contributed by atoms with Crippen LogP contribution in [0.5, 0.6) is 0 Å². The molecule has 0 bridgehead atoms. The molecular weight excluding hydrogens is 156 g/mol. The molecule has 62 valence electrons. The maximum absolute atomic E-state index is 11.4. The SMILES string of the molecule is O=C(C1=NCCO1)c1cc[nH]c1. The van der Waals surface area contributed by atoms with E-state index in [1.165, 1.54) is 0 Å². The Labute approximate surface area is 69.3 Å². The van der Waals surface area contributed by atoms with Crippen LogP contribution in [0.1, 0.15) is 10.4 Å². The van der Waals surface area contributed by atoms with E-state index >= 15 is 0 Å². The summed E-state index contributed by atoms with van der Waals surface area (Å²) in [5.74, 6) is 0.0864.